The zero-order valence-electron chi connectivity index (χ0n) is 18.2. The number of ether oxygens (including phenoxy) is 1. The lowest BCUT2D eigenvalue weighted by molar-refractivity contribution is -0.118. The summed E-state index contributed by atoms with van der Waals surface area (Å²) in [5.41, 5.74) is 0.849. The summed E-state index contributed by atoms with van der Waals surface area (Å²) in [7, 11) is -4.63. The highest BCUT2D eigenvalue weighted by atomic mass is 32.2. The van der Waals surface area contributed by atoms with Crippen LogP contribution in [0.15, 0.2) is 78.9 Å². The Balaban J connectivity index is 1.44. The molecule has 0 aromatic heterocycles. The lowest BCUT2D eigenvalue weighted by Crippen LogP contribution is -2.25. The van der Waals surface area contributed by atoms with Gasteiger partial charge in [-0.2, -0.15) is 0 Å². The first-order chi connectivity index (χ1) is 16.8. The zero-order valence-corrected chi connectivity index (χ0v) is 19.9. The fourth-order valence-corrected chi connectivity index (χ4v) is 5.13. The van der Waals surface area contributed by atoms with E-state index in [0.717, 1.165) is 17.3 Å². The summed E-state index contributed by atoms with van der Waals surface area (Å²) in [6, 6.07) is 20.4. The monoisotopic (exact) mass is 517 g/mol. The van der Waals surface area contributed by atoms with Crippen LogP contribution in [0.4, 0.5) is 9.18 Å². The van der Waals surface area contributed by atoms with Gasteiger partial charge < -0.3 is 9.26 Å². The molecule has 2 amide bonds. The quantitative estimate of drug-likeness (QED) is 0.360. The van der Waals surface area contributed by atoms with Gasteiger partial charge >= 0.3 is 7.82 Å². The number of phosphoric acid groups is 1. The van der Waals surface area contributed by atoms with Crippen LogP contribution in [0.5, 0.6) is 11.5 Å². The molecule has 1 aliphatic heterocycles. The van der Waals surface area contributed by atoms with Gasteiger partial charge in [0.1, 0.15) is 30.0 Å². The maximum atomic E-state index is 14.5. The van der Waals surface area contributed by atoms with Gasteiger partial charge in [0.05, 0.1) is 5.25 Å². The van der Waals surface area contributed by atoms with Crippen LogP contribution in [0.2, 0.25) is 0 Å². The molecule has 0 aliphatic carbocycles. The molecular weight excluding hydrogens is 496 g/mol. The topological polar surface area (TPSA) is 111 Å². The summed E-state index contributed by atoms with van der Waals surface area (Å²) in [5.74, 6) is -0.428. The average molecular weight is 517 g/mol. The lowest BCUT2D eigenvalue weighted by Gasteiger charge is -2.22. The number of carbonyl (C=O) groups is 2. The van der Waals surface area contributed by atoms with Gasteiger partial charge in [-0.05, 0) is 42.3 Å². The molecule has 8 nitrogen and oxygen atoms in total. The van der Waals surface area contributed by atoms with E-state index in [9.17, 15) is 23.4 Å². The number of phosphoric ester groups is 1. The molecule has 3 unspecified atom stereocenters. The van der Waals surface area contributed by atoms with Gasteiger partial charge in [0, 0.05) is 5.56 Å². The minimum atomic E-state index is -4.63. The summed E-state index contributed by atoms with van der Waals surface area (Å²) in [6.07, 6.45) is -0.881. The van der Waals surface area contributed by atoms with Gasteiger partial charge in [0.2, 0.25) is 5.91 Å². The standard InChI is InChI=1S/C24H21FNO7PS/c25-20-9-5-4-8-19(20)21(33-34(29,30)32-18-6-2-1-3-7-18)15-31-17-12-10-16(11-13-17)14-22-23(27)26-24(28)35-22/h1-13,21-22H,14-15H2,(H,29,30)(H,26,27,28). The third kappa shape index (κ3) is 6.93. The number of nitrogens with one attached hydrogen (secondary N) is 1. The highest BCUT2D eigenvalue weighted by Gasteiger charge is 2.32. The predicted molar refractivity (Wildman–Crippen MR) is 128 cm³/mol. The van der Waals surface area contributed by atoms with E-state index in [4.69, 9.17) is 13.8 Å². The number of rotatable bonds is 10. The maximum Gasteiger partial charge on any atom is 0.528 e. The molecule has 0 spiro atoms. The molecule has 1 heterocycles. The van der Waals surface area contributed by atoms with Crippen molar-refractivity contribution in [2.75, 3.05) is 6.61 Å². The Morgan fingerprint density at radius 2 is 1.66 bits per heavy atom. The minimum Gasteiger partial charge on any atom is -0.490 e. The number of imide groups is 1. The van der Waals surface area contributed by atoms with E-state index >= 15 is 0 Å². The van der Waals surface area contributed by atoms with Crippen LogP contribution in [0.1, 0.15) is 17.2 Å². The van der Waals surface area contributed by atoms with Crippen molar-refractivity contribution in [2.45, 2.75) is 17.8 Å². The van der Waals surface area contributed by atoms with Crippen LogP contribution in [-0.4, -0.2) is 27.9 Å². The van der Waals surface area contributed by atoms with Crippen molar-refractivity contribution < 1.29 is 37.2 Å². The summed E-state index contributed by atoms with van der Waals surface area (Å²) in [4.78, 5) is 33.3. The van der Waals surface area contributed by atoms with Gasteiger partial charge in [0.25, 0.3) is 5.24 Å². The third-order valence-electron chi connectivity index (χ3n) is 4.99. The van der Waals surface area contributed by atoms with Crippen LogP contribution >= 0.6 is 19.6 Å². The third-order valence-corrected chi connectivity index (χ3v) is 6.93. The van der Waals surface area contributed by atoms with Crippen LogP contribution in [0.3, 0.4) is 0 Å². The van der Waals surface area contributed by atoms with Crippen molar-refractivity contribution in [2.24, 2.45) is 0 Å². The summed E-state index contributed by atoms with van der Waals surface area (Å²) in [5, 5.41) is 1.39. The number of benzene rings is 3. The van der Waals surface area contributed by atoms with E-state index in [0.29, 0.717) is 12.2 Å². The highest BCUT2D eigenvalue weighted by Crippen LogP contribution is 2.48. The normalized spacial score (nSPS) is 17.9. The molecule has 2 N–H and O–H groups in total. The van der Waals surface area contributed by atoms with E-state index in [1.54, 1.807) is 48.5 Å². The largest absolute Gasteiger partial charge is 0.528 e. The van der Waals surface area contributed by atoms with Gasteiger partial charge in [0.15, 0.2) is 0 Å². The van der Waals surface area contributed by atoms with E-state index in [-0.39, 0.29) is 29.1 Å². The molecule has 0 bridgehead atoms. The van der Waals surface area contributed by atoms with Crippen LogP contribution < -0.4 is 14.6 Å². The highest BCUT2D eigenvalue weighted by molar-refractivity contribution is 8.15. The molecule has 1 aliphatic rings. The predicted octanol–water partition coefficient (Wildman–Crippen LogP) is 5.04. The zero-order chi connectivity index (χ0) is 24.8. The van der Waals surface area contributed by atoms with Gasteiger partial charge in [-0.1, -0.05) is 60.3 Å². The Kier molecular flexibility index (Phi) is 7.87. The van der Waals surface area contributed by atoms with E-state index < -0.39 is 25.0 Å². The number of para-hydroxylation sites is 1. The molecule has 3 aromatic carbocycles. The number of hydrogen-bond acceptors (Lipinski definition) is 7. The molecule has 11 heteroatoms. The number of thioether (sulfide) groups is 1. The fraction of sp³-hybridized carbons (Fsp3) is 0.167. The Labute approximate surface area is 205 Å². The number of amides is 2. The molecule has 3 aromatic rings. The molecule has 1 fully saturated rings. The molecule has 1 saturated heterocycles. The van der Waals surface area contributed by atoms with Crippen molar-refractivity contribution in [3.05, 3.63) is 95.8 Å². The van der Waals surface area contributed by atoms with E-state index in [1.807, 2.05) is 0 Å². The molecule has 4 rings (SSSR count). The average Bonchev–Trinajstić information content (AvgIpc) is 3.14. The van der Waals surface area contributed by atoms with Gasteiger partial charge in [-0.3, -0.25) is 24.3 Å². The number of hydrogen-bond donors (Lipinski definition) is 2. The lowest BCUT2D eigenvalue weighted by atomic mass is 10.1. The Morgan fingerprint density at radius 1 is 0.971 bits per heavy atom. The Hall–Kier alpha value is -3.17. The van der Waals surface area contributed by atoms with E-state index in [1.165, 1.54) is 30.3 Å². The SMILES string of the molecule is O=C1NC(=O)C(Cc2ccc(OCC(OP(=O)(O)Oc3ccccc3)c3ccccc3F)cc2)S1. The second-order valence-electron chi connectivity index (χ2n) is 7.53. The molecule has 182 valence electrons. The molecule has 3 atom stereocenters. The van der Waals surface area contributed by atoms with Crippen molar-refractivity contribution in [1.82, 2.24) is 5.32 Å². The maximum absolute atomic E-state index is 14.5. The number of halogens is 1. The van der Waals surface area contributed by atoms with Crippen LogP contribution in [0, 0.1) is 5.82 Å². The van der Waals surface area contributed by atoms with Crippen LogP contribution in [-0.2, 0) is 20.3 Å². The van der Waals surface area contributed by atoms with Gasteiger partial charge in [-0.15, -0.1) is 0 Å². The first-order valence-electron chi connectivity index (χ1n) is 10.5. The van der Waals surface area contributed by atoms with Crippen molar-refractivity contribution >= 4 is 30.7 Å². The summed E-state index contributed by atoms with van der Waals surface area (Å²) >= 11 is 0.947. The molecule has 0 radical (unpaired) electrons. The molecule has 35 heavy (non-hydrogen) atoms. The van der Waals surface area contributed by atoms with Gasteiger partial charge in [-0.25, -0.2) is 8.96 Å². The summed E-state index contributed by atoms with van der Waals surface area (Å²) < 4.78 is 43.2. The molecular formula is C24H21FNO7PS. The van der Waals surface area contributed by atoms with Crippen LogP contribution in [0.25, 0.3) is 0 Å². The second kappa shape index (κ2) is 11.0. The Morgan fingerprint density at radius 3 is 2.31 bits per heavy atom. The van der Waals surface area contributed by atoms with E-state index in [2.05, 4.69) is 5.32 Å². The summed E-state index contributed by atoms with van der Waals surface area (Å²) in [6.45, 7) is -0.279. The first kappa shape index (κ1) is 24.9. The smallest absolute Gasteiger partial charge is 0.490 e. The Bertz CT molecular complexity index is 1240. The fourth-order valence-electron chi connectivity index (χ4n) is 3.35. The van der Waals surface area contributed by atoms with Crippen molar-refractivity contribution in [3.8, 4) is 11.5 Å². The number of carbonyl (C=O) groups excluding carboxylic acids is 2. The van der Waals surface area contributed by atoms with Crippen molar-refractivity contribution in [1.29, 1.82) is 0 Å². The first-order valence-corrected chi connectivity index (χ1v) is 12.9. The minimum absolute atomic E-state index is 0.0315. The second-order valence-corrected chi connectivity index (χ2v) is 10.0. The molecule has 0 saturated carbocycles. The van der Waals surface area contributed by atoms with Crippen molar-refractivity contribution in [3.63, 3.8) is 0 Å².